The van der Waals surface area contributed by atoms with E-state index in [2.05, 4.69) is 0 Å². The van der Waals surface area contributed by atoms with Crippen molar-refractivity contribution in [2.45, 2.75) is 32.3 Å². The van der Waals surface area contributed by atoms with E-state index < -0.39 is 5.60 Å². The van der Waals surface area contributed by atoms with E-state index in [4.69, 9.17) is 0 Å². The first-order chi connectivity index (χ1) is 6.01. The molecular formula is C11H16O2. The monoisotopic (exact) mass is 180 g/mol. The zero-order valence-electron chi connectivity index (χ0n) is 8.16. The first kappa shape index (κ1) is 10.2. The number of carbonyl (C=O) groups excluding carboxylic acids is 1. The third-order valence-corrected chi connectivity index (χ3v) is 2.00. The van der Waals surface area contributed by atoms with E-state index in [-0.39, 0.29) is 5.92 Å². The summed E-state index contributed by atoms with van der Waals surface area (Å²) in [6, 6.07) is 0. The Hall–Kier alpha value is -0.890. The summed E-state index contributed by atoms with van der Waals surface area (Å²) in [6.07, 6.45) is 8.34. The second-order valence-electron chi connectivity index (χ2n) is 4.11. The van der Waals surface area contributed by atoms with Crippen molar-refractivity contribution < 1.29 is 9.90 Å². The van der Waals surface area contributed by atoms with Crippen LogP contribution in [0.2, 0.25) is 0 Å². The summed E-state index contributed by atoms with van der Waals surface area (Å²) in [6.45, 7) is 3.47. The van der Waals surface area contributed by atoms with Crippen LogP contribution >= 0.6 is 0 Å². The lowest BCUT2D eigenvalue weighted by Crippen LogP contribution is -2.16. The van der Waals surface area contributed by atoms with Crippen LogP contribution in [0.25, 0.3) is 0 Å². The fourth-order valence-corrected chi connectivity index (χ4v) is 1.51. The second-order valence-corrected chi connectivity index (χ2v) is 4.11. The zero-order chi connectivity index (χ0) is 9.90. The van der Waals surface area contributed by atoms with Crippen molar-refractivity contribution in [3.8, 4) is 0 Å². The van der Waals surface area contributed by atoms with Gasteiger partial charge in [0.05, 0.1) is 5.60 Å². The first-order valence-electron chi connectivity index (χ1n) is 4.57. The molecule has 1 atom stereocenters. The number of aldehydes is 1. The lowest BCUT2D eigenvalue weighted by molar-refractivity contribution is -0.111. The van der Waals surface area contributed by atoms with E-state index in [1.807, 2.05) is 12.2 Å². The minimum atomic E-state index is -0.787. The van der Waals surface area contributed by atoms with Gasteiger partial charge in [0, 0.05) is 5.92 Å². The van der Waals surface area contributed by atoms with Gasteiger partial charge in [-0.25, -0.2) is 0 Å². The Morgan fingerprint density at radius 1 is 1.62 bits per heavy atom. The van der Waals surface area contributed by atoms with Crippen LogP contribution in [0.15, 0.2) is 23.8 Å². The Morgan fingerprint density at radius 2 is 2.31 bits per heavy atom. The van der Waals surface area contributed by atoms with E-state index in [1.165, 1.54) is 0 Å². The van der Waals surface area contributed by atoms with E-state index in [9.17, 15) is 9.90 Å². The van der Waals surface area contributed by atoms with Gasteiger partial charge in [-0.2, -0.15) is 0 Å². The molecule has 13 heavy (non-hydrogen) atoms. The molecule has 0 aliphatic heterocycles. The van der Waals surface area contributed by atoms with Crippen molar-refractivity contribution in [2.75, 3.05) is 0 Å². The maximum absolute atomic E-state index is 10.5. The number of carbonyl (C=O) groups is 1. The van der Waals surface area contributed by atoms with Crippen molar-refractivity contribution in [3.63, 3.8) is 0 Å². The Bertz CT molecular complexity index is 243. The SMILES string of the molecule is CC(C)(O)C=C1C=CCC(C=O)C1. The minimum absolute atomic E-state index is 0.0959. The lowest BCUT2D eigenvalue weighted by atomic mass is 9.89. The highest BCUT2D eigenvalue weighted by Gasteiger charge is 2.15. The first-order valence-corrected chi connectivity index (χ1v) is 4.57. The summed E-state index contributed by atoms with van der Waals surface area (Å²) < 4.78 is 0. The van der Waals surface area contributed by atoms with Gasteiger partial charge in [-0.1, -0.05) is 18.2 Å². The highest BCUT2D eigenvalue weighted by atomic mass is 16.3. The molecule has 72 valence electrons. The van der Waals surface area contributed by atoms with Crippen LogP contribution in [-0.2, 0) is 4.79 Å². The largest absolute Gasteiger partial charge is 0.386 e. The summed E-state index contributed by atoms with van der Waals surface area (Å²) in [5.74, 6) is 0.0959. The van der Waals surface area contributed by atoms with Crippen LogP contribution in [0, 0.1) is 5.92 Å². The van der Waals surface area contributed by atoms with Crippen molar-refractivity contribution in [2.24, 2.45) is 5.92 Å². The molecule has 0 bridgehead atoms. The number of hydrogen-bond acceptors (Lipinski definition) is 2. The highest BCUT2D eigenvalue weighted by molar-refractivity contribution is 5.56. The van der Waals surface area contributed by atoms with Crippen molar-refractivity contribution >= 4 is 6.29 Å². The maximum Gasteiger partial charge on any atom is 0.123 e. The van der Waals surface area contributed by atoms with Gasteiger partial charge in [-0.05, 0) is 32.3 Å². The number of rotatable bonds is 2. The van der Waals surface area contributed by atoms with Crippen LogP contribution in [0.4, 0.5) is 0 Å². The lowest BCUT2D eigenvalue weighted by Gasteiger charge is -2.18. The van der Waals surface area contributed by atoms with Gasteiger partial charge in [-0.15, -0.1) is 0 Å². The summed E-state index contributed by atoms with van der Waals surface area (Å²) in [5, 5.41) is 9.53. The molecule has 0 aromatic rings. The number of aliphatic hydroxyl groups is 1. The quantitative estimate of drug-likeness (QED) is 0.658. The van der Waals surface area contributed by atoms with Gasteiger partial charge in [0.25, 0.3) is 0 Å². The van der Waals surface area contributed by atoms with Gasteiger partial charge in [-0.3, -0.25) is 0 Å². The van der Waals surface area contributed by atoms with Crippen LogP contribution in [0.5, 0.6) is 0 Å². The summed E-state index contributed by atoms with van der Waals surface area (Å²) in [5.41, 5.74) is 0.264. The van der Waals surface area contributed by atoms with Crippen LogP contribution < -0.4 is 0 Å². The van der Waals surface area contributed by atoms with Gasteiger partial charge < -0.3 is 9.90 Å². The average Bonchev–Trinajstić information content (AvgIpc) is 2.01. The molecule has 0 amide bonds. The molecule has 2 heteroatoms. The summed E-state index contributed by atoms with van der Waals surface area (Å²) in [7, 11) is 0. The normalized spacial score (nSPS) is 26.4. The third kappa shape index (κ3) is 3.55. The molecule has 2 nitrogen and oxygen atoms in total. The molecule has 0 aromatic carbocycles. The standard InChI is InChI=1S/C11H16O2/c1-11(2,13)7-9-4-3-5-10(6-9)8-12/h3-4,7-8,10,13H,5-6H2,1-2H3. The fourth-order valence-electron chi connectivity index (χ4n) is 1.51. The van der Waals surface area contributed by atoms with Gasteiger partial charge >= 0.3 is 0 Å². The predicted molar refractivity (Wildman–Crippen MR) is 52.3 cm³/mol. The summed E-state index contributed by atoms with van der Waals surface area (Å²) >= 11 is 0. The van der Waals surface area contributed by atoms with E-state index in [0.29, 0.717) is 0 Å². The maximum atomic E-state index is 10.5. The molecule has 0 saturated heterocycles. The molecule has 1 aliphatic rings. The molecule has 0 fully saturated rings. The molecule has 1 N–H and O–H groups in total. The van der Waals surface area contributed by atoms with Crippen molar-refractivity contribution in [1.82, 2.24) is 0 Å². The summed E-state index contributed by atoms with van der Waals surface area (Å²) in [4.78, 5) is 10.5. The topological polar surface area (TPSA) is 37.3 Å². The van der Waals surface area contributed by atoms with Gasteiger partial charge in [0.1, 0.15) is 6.29 Å². The van der Waals surface area contributed by atoms with Crippen LogP contribution in [-0.4, -0.2) is 17.0 Å². The van der Waals surface area contributed by atoms with Gasteiger partial charge in [0.2, 0.25) is 0 Å². The third-order valence-electron chi connectivity index (χ3n) is 2.00. The Labute approximate surface area is 79.0 Å². The Balaban J connectivity index is 2.72. The van der Waals surface area contributed by atoms with Crippen LogP contribution in [0.3, 0.4) is 0 Å². The number of allylic oxidation sites excluding steroid dienone is 3. The molecule has 1 unspecified atom stereocenters. The molecule has 1 aliphatic carbocycles. The highest BCUT2D eigenvalue weighted by Crippen LogP contribution is 2.23. The molecule has 0 radical (unpaired) electrons. The molecular weight excluding hydrogens is 164 g/mol. The zero-order valence-corrected chi connectivity index (χ0v) is 8.16. The van der Waals surface area contributed by atoms with Gasteiger partial charge in [0.15, 0.2) is 0 Å². The average molecular weight is 180 g/mol. The smallest absolute Gasteiger partial charge is 0.123 e. The number of hydrogen-bond donors (Lipinski definition) is 1. The van der Waals surface area contributed by atoms with Crippen molar-refractivity contribution in [3.05, 3.63) is 23.8 Å². The predicted octanol–water partition coefficient (Wildman–Crippen LogP) is 1.85. The minimum Gasteiger partial charge on any atom is -0.386 e. The molecule has 0 spiro atoms. The second kappa shape index (κ2) is 3.88. The molecule has 0 aromatic heterocycles. The Morgan fingerprint density at radius 3 is 2.85 bits per heavy atom. The van der Waals surface area contributed by atoms with E-state index in [0.717, 1.165) is 24.7 Å². The molecule has 1 rings (SSSR count). The van der Waals surface area contributed by atoms with Crippen molar-refractivity contribution in [1.29, 1.82) is 0 Å². The van der Waals surface area contributed by atoms with Crippen LogP contribution in [0.1, 0.15) is 26.7 Å². The van der Waals surface area contributed by atoms with E-state index >= 15 is 0 Å². The van der Waals surface area contributed by atoms with E-state index in [1.54, 1.807) is 19.9 Å². The fraction of sp³-hybridized carbons (Fsp3) is 0.545. The molecule has 0 saturated carbocycles. The molecule has 0 heterocycles. The Kier molecular flexibility index (Phi) is 3.04.